The maximum atomic E-state index is 10.2. The quantitative estimate of drug-likeness (QED) is 0.778. The molecule has 3 rings (SSSR count). The number of aliphatic hydroxyl groups excluding tert-OH is 1. The minimum Gasteiger partial charge on any atom is -0.441 e. The fourth-order valence-electron chi connectivity index (χ4n) is 2.17. The van der Waals surface area contributed by atoms with E-state index >= 15 is 0 Å². The van der Waals surface area contributed by atoms with Crippen molar-refractivity contribution in [3.8, 4) is 0 Å². The molecule has 0 saturated carbocycles. The van der Waals surface area contributed by atoms with Crippen LogP contribution in [0.3, 0.4) is 0 Å². The van der Waals surface area contributed by atoms with Crippen molar-refractivity contribution in [3.63, 3.8) is 0 Å². The summed E-state index contributed by atoms with van der Waals surface area (Å²) in [4.78, 5) is 4.37. The Morgan fingerprint density at radius 2 is 2.00 bits per heavy atom. The Kier molecular flexibility index (Phi) is 3.05. The Hall–Kier alpha value is -2.13. The zero-order valence-electron chi connectivity index (χ0n) is 10.7. The van der Waals surface area contributed by atoms with Gasteiger partial charge in [0, 0.05) is 0 Å². The van der Waals surface area contributed by atoms with Crippen LogP contribution in [0.1, 0.15) is 23.1 Å². The molecule has 0 aliphatic carbocycles. The summed E-state index contributed by atoms with van der Waals surface area (Å²) >= 11 is 0. The van der Waals surface area contributed by atoms with Crippen molar-refractivity contribution in [1.82, 2.24) is 4.98 Å². The van der Waals surface area contributed by atoms with Crippen molar-refractivity contribution in [2.45, 2.75) is 19.4 Å². The predicted molar refractivity (Wildman–Crippen MR) is 73.9 cm³/mol. The molecular formula is C16H15NO2. The van der Waals surface area contributed by atoms with Crippen LogP contribution in [0.15, 0.2) is 52.9 Å². The van der Waals surface area contributed by atoms with Gasteiger partial charge in [-0.15, -0.1) is 0 Å². The molecule has 96 valence electrons. The molecule has 0 fully saturated rings. The summed E-state index contributed by atoms with van der Waals surface area (Å²) in [6, 6.07) is 15.5. The van der Waals surface area contributed by atoms with E-state index in [0.717, 1.165) is 22.2 Å². The lowest BCUT2D eigenvalue weighted by Crippen LogP contribution is -2.02. The van der Waals surface area contributed by atoms with Crippen molar-refractivity contribution in [2.24, 2.45) is 0 Å². The second kappa shape index (κ2) is 4.86. The van der Waals surface area contributed by atoms with Gasteiger partial charge in [-0.25, -0.2) is 4.98 Å². The summed E-state index contributed by atoms with van der Waals surface area (Å²) in [6.45, 7) is 2.01. The zero-order valence-corrected chi connectivity index (χ0v) is 10.7. The molecule has 2 aromatic carbocycles. The molecule has 0 unspecified atom stereocenters. The summed E-state index contributed by atoms with van der Waals surface area (Å²) in [7, 11) is 0. The van der Waals surface area contributed by atoms with Crippen LogP contribution in [0.5, 0.6) is 0 Å². The second-order valence-electron chi connectivity index (χ2n) is 4.71. The molecule has 1 atom stereocenters. The lowest BCUT2D eigenvalue weighted by atomic mass is 10.0. The SMILES string of the molecule is Cc1cccc([C@@H](O)Cc2nc3ccccc3o2)c1. The van der Waals surface area contributed by atoms with Crippen LogP contribution in [-0.4, -0.2) is 10.1 Å². The van der Waals surface area contributed by atoms with E-state index in [9.17, 15) is 5.11 Å². The number of hydrogen-bond donors (Lipinski definition) is 1. The second-order valence-corrected chi connectivity index (χ2v) is 4.71. The predicted octanol–water partition coefficient (Wildman–Crippen LogP) is 3.41. The monoisotopic (exact) mass is 253 g/mol. The average Bonchev–Trinajstić information content (AvgIpc) is 2.80. The molecule has 19 heavy (non-hydrogen) atoms. The van der Waals surface area contributed by atoms with Crippen molar-refractivity contribution in [2.75, 3.05) is 0 Å². The molecule has 0 bridgehead atoms. The number of rotatable bonds is 3. The smallest absolute Gasteiger partial charge is 0.198 e. The Bertz CT molecular complexity index is 670. The van der Waals surface area contributed by atoms with Crippen LogP contribution < -0.4 is 0 Å². The number of oxazole rings is 1. The Labute approximate surface area is 111 Å². The summed E-state index contributed by atoms with van der Waals surface area (Å²) < 4.78 is 5.62. The molecule has 3 aromatic rings. The molecule has 0 aliphatic rings. The topological polar surface area (TPSA) is 46.3 Å². The number of nitrogens with zero attached hydrogens (tertiary/aromatic N) is 1. The summed E-state index contributed by atoms with van der Waals surface area (Å²) in [5.74, 6) is 0.565. The van der Waals surface area contributed by atoms with Crippen LogP contribution in [0.25, 0.3) is 11.1 Å². The number of hydrogen-bond acceptors (Lipinski definition) is 3. The molecule has 3 nitrogen and oxygen atoms in total. The lowest BCUT2D eigenvalue weighted by molar-refractivity contribution is 0.169. The summed E-state index contributed by atoms with van der Waals surface area (Å²) in [5, 5.41) is 10.2. The van der Waals surface area contributed by atoms with Crippen molar-refractivity contribution >= 4 is 11.1 Å². The highest BCUT2D eigenvalue weighted by Crippen LogP contribution is 2.21. The highest BCUT2D eigenvalue weighted by molar-refractivity contribution is 5.72. The van der Waals surface area contributed by atoms with Gasteiger partial charge >= 0.3 is 0 Å². The standard InChI is InChI=1S/C16H15NO2/c1-11-5-4-6-12(9-11)14(18)10-16-17-13-7-2-3-8-15(13)19-16/h2-9,14,18H,10H2,1H3/t14-/m0/s1. The minimum absolute atomic E-state index is 0.387. The van der Waals surface area contributed by atoms with E-state index < -0.39 is 6.10 Å². The molecule has 0 aliphatic heterocycles. The van der Waals surface area contributed by atoms with E-state index in [-0.39, 0.29) is 0 Å². The van der Waals surface area contributed by atoms with Crippen LogP contribution in [-0.2, 0) is 6.42 Å². The number of aliphatic hydroxyl groups is 1. The molecule has 0 spiro atoms. The maximum absolute atomic E-state index is 10.2. The fourth-order valence-corrected chi connectivity index (χ4v) is 2.17. The van der Waals surface area contributed by atoms with Gasteiger partial charge in [0.1, 0.15) is 5.52 Å². The van der Waals surface area contributed by atoms with E-state index in [4.69, 9.17) is 4.42 Å². The molecule has 0 saturated heterocycles. The van der Waals surface area contributed by atoms with Gasteiger partial charge in [-0.3, -0.25) is 0 Å². The molecule has 1 N–H and O–H groups in total. The van der Waals surface area contributed by atoms with Crippen LogP contribution in [0.2, 0.25) is 0 Å². The minimum atomic E-state index is -0.590. The number of aryl methyl sites for hydroxylation is 1. The maximum Gasteiger partial charge on any atom is 0.198 e. The first-order valence-electron chi connectivity index (χ1n) is 6.31. The van der Waals surface area contributed by atoms with Gasteiger partial charge < -0.3 is 9.52 Å². The van der Waals surface area contributed by atoms with E-state index in [2.05, 4.69) is 4.98 Å². The van der Waals surface area contributed by atoms with Crippen LogP contribution >= 0.6 is 0 Å². The molecule has 0 radical (unpaired) electrons. The van der Waals surface area contributed by atoms with Crippen molar-refractivity contribution in [3.05, 3.63) is 65.5 Å². The van der Waals surface area contributed by atoms with Gasteiger partial charge in [0.2, 0.25) is 0 Å². The average molecular weight is 253 g/mol. The third-order valence-corrected chi connectivity index (χ3v) is 3.13. The molecule has 1 aromatic heterocycles. The Balaban J connectivity index is 1.84. The van der Waals surface area contributed by atoms with Gasteiger partial charge in [-0.1, -0.05) is 42.0 Å². The number of benzene rings is 2. The largest absolute Gasteiger partial charge is 0.441 e. The number of fused-ring (bicyclic) bond motifs is 1. The van der Waals surface area contributed by atoms with Gasteiger partial charge in [-0.05, 0) is 24.6 Å². The first-order valence-corrected chi connectivity index (χ1v) is 6.31. The van der Waals surface area contributed by atoms with Crippen LogP contribution in [0, 0.1) is 6.92 Å². The van der Waals surface area contributed by atoms with Crippen molar-refractivity contribution in [1.29, 1.82) is 0 Å². The van der Waals surface area contributed by atoms with Crippen molar-refractivity contribution < 1.29 is 9.52 Å². The zero-order chi connectivity index (χ0) is 13.2. The van der Waals surface area contributed by atoms with E-state index in [1.54, 1.807) is 0 Å². The van der Waals surface area contributed by atoms with Gasteiger partial charge in [0.05, 0.1) is 12.5 Å². The molecule has 1 heterocycles. The first kappa shape index (κ1) is 11.9. The molecular weight excluding hydrogens is 238 g/mol. The third-order valence-electron chi connectivity index (χ3n) is 3.13. The Morgan fingerprint density at radius 3 is 2.79 bits per heavy atom. The number of aromatic nitrogens is 1. The van der Waals surface area contributed by atoms with Gasteiger partial charge in [0.25, 0.3) is 0 Å². The highest BCUT2D eigenvalue weighted by atomic mass is 16.4. The summed E-state index contributed by atoms with van der Waals surface area (Å²) in [5.41, 5.74) is 3.61. The Morgan fingerprint density at radius 1 is 1.16 bits per heavy atom. The first-order chi connectivity index (χ1) is 9.22. The fraction of sp³-hybridized carbons (Fsp3) is 0.188. The number of para-hydroxylation sites is 2. The highest BCUT2D eigenvalue weighted by Gasteiger charge is 2.13. The van der Waals surface area contributed by atoms with Gasteiger partial charge in [-0.2, -0.15) is 0 Å². The lowest BCUT2D eigenvalue weighted by Gasteiger charge is -2.09. The molecule has 0 amide bonds. The summed E-state index contributed by atoms with van der Waals surface area (Å²) in [6.07, 6.45) is -0.203. The van der Waals surface area contributed by atoms with E-state index in [0.29, 0.717) is 12.3 Å². The van der Waals surface area contributed by atoms with Crippen LogP contribution in [0.4, 0.5) is 0 Å². The molecule has 3 heteroatoms. The van der Waals surface area contributed by atoms with E-state index in [1.807, 2.05) is 55.5 Å². The normalized spacial score (nSPS) is 12.7. The third kappa shape index (κ3) is 2.51. The van der Waals surface area contributed by atoms with E-state index in [1.165, 1.54) is 0 Å². The van der Waals surface area contributed by atoms with Gasteiger partial charge in [0.15, 0.2) is 11.5 Å².